The predicted molar refractivity (Wildman–Crippen MR) is 75.2 cm³/mol. The van der Waals surface area contributed by atoms with Gasteiger partial charge < -0.3 is 9.51 Å². The van der Waals surface area contributed by atoms with Crippen LogP contribution in [0.2, 0.25) is 0 Å². The Morgan fingerprint density at radius 2 is 1.84 bits per heavy atom. The van der Waals surface area contributed by atoms with Crippen LogP contribution < -0.4 is 0 Å². The molecule has 0 bridgehead atoms. The summed E-state index contributed by atoms with van der Waals surface area (Å²) < 4.78 is 1.92. The van der Waals surface area contributed by atoms with E-state index in [4.69, 9.17) is 0 Å². The van der Waals surface area contributed by atoms with E-state index in [1.165, 1.54) is 0 Å². The normalized spacial score (nSPS) is 12.8. The van der Waals surface area contributed by atoms with Crippen LogP contribution in [0.15, 0.2) is 48.8 Å². The van der Waals surface area contributed by atoms with Crippen molar-refractivity contribution in [1.82, 2.24) is 9.38 Å². The summed E-state index contributed by atoms with van der Waals surface area (Å²) in [4.78, 5) is 4.46. The third-order valence-corrected chi connectivity index (χ3v) is 3.22. The summed E-state index contributed by atoms with van der Waals surface area (Å²) in [5.74, 6) is 0. The molecule has 0 aliphatic heterocycles. The molecule has 3 nitrogen and oxygen atoms in total. The molecule has 0 saturated heterocycles. The zero-order chi connectivity index (χ0) is 13.4. The zero-order valence-electron chi connectivity index (χ0n) is 11.0. The van der Waals surface area contributed by atoms with Gasteiger partial charge in [0, 0.05) is 12.4 Å². The van der Waals surface area contributed by atoms with Gasteiger partial charge in [0.1, 0.15) is 11.8 Å². The van der Waals surface area contributed by atoms with Gasteiger partial charge in [-0.2, -0.15) is 0 Å². The van der Waals surface area contributed by atoms with Crippen molar-refractivity contribution in [3.8, 4) is 0 Å². The van der Waals surface area contributed by atoms with E-state index >= 15 is 0 Å². The topological polar surface area (TPSA) is 37.5 Å². The number of fused-ring (bicyclic) bond motifs is 1. The van der Waals surface area contributed by atoms with Gasteiger partial charge in [0.2, 0.25) is 0 Å². The fourth-order valence-electron chi connectivity index (χ4n) is 2.42. The van der Waals surface area contributed by atoms with Gasteiger partial charge in [-0.25, -0.2) is 4.98 Å². The molecule has 0 aliphatic carbocycles. The molecule has 0 amide bonds. The van der Waals surface area contributed by atoms with Crippen molar-refractivity contribution >= 4 is 5.65 Å². The Balaban J connectivity index is 2.05. The fourth-order valence-corrected chi connectivity index (χ4v) is 2.42. The molecule has 1 atom stereocenters. The summed E-state index contributed by atoms with van der Waals surface area (Å²) in [6.45, 7) is 4.07. The van der Waals surface area contributed by atoms with Crippen LogP contribution in [-0.4, -0.2) is 14.5 Å². The van der Waals surface area contributed by atoms with E-state index in [-0.39, 0.29) is 0 Å². The molecule has 3 heteroatoms. The number of hydrogen-bond donors (Lipinski definition) is 1. The molecular weight excluding hydrogens is 236 g/mol. The largest absolute Gasteiger partial charge is 0.382 e. The second kappa shape index (κ2) is 4.52. The highest BCUT2D eigenvalue weighted by Crippen LogP contribution is 2.23. The van der Waals surface area contributed by atoms with Crippen LogP contribution in [0, 0.1) is 13.8 Å². The smallest absolute Gasteiger partial charge is 0.137 e. The summed E-state index contributed by atoms with van der Waals surface area (Å²) in [5.41, 5.74) is 4.72. The average molecular weight is 252 g/mol. The van der Waals surface area contributed by atoms with Crippen molar-refractivity contribution in [2.24, 2.45) is 0 Å². The number of nitrogens with zero attached hydrogens (tertiary/aromatic N) is 2. The lowest BCUT2D eigenvalue weighted by molar-refractivity contribution is 0.216. The highest BCUT2D eigenvalue weighted by molar-refractivity contribution is 5.42. The first kappa shape index (κ1) is 11.9. The van der Waals surface area contributed by atoms with Gasteiger partial charge in [-0.05, 0) is 31.5 Å². The van der Waals surface area contributed by atoms with Gasteiger partial charge in [0.25, 0.3) is 0 Å². The van der Waals surface area contributed by atoms with Gasteiger partial charge in [0.15, 0.2) is 0 Å². The van der Waals surface area contributed by atoms with E-state index < -0.39 is 6.10 Å². The number of aliphatic hydroxyl groups excluding tert-OH is 1. The van der Waals surface area contributed by atoms with Gasteiger partial charge >= 0.3 is 0 Å². The highest BCUT2D eigenvalue weighted by atomic mass is 16.3. The Kier molecular flexibility index (Phi) is 2.84. The minimum atomic E-state index is -0.682. The third-order valence-electron chi connectivity index (χ3n) is 3.22. The van der Waals surface area contributed by atoms with Crippen LogP contribution in [0.1, 0.15) is 28.5 Å². The summed E-state index contributed by atoms with van der Waals surface area (Å²) in [5, 5.41) is 10.5. The Bertz CT molecular complexity index is 677. The lowest BCUT2D eigenvalue weighted by Gasteiger charge is -2.10. The van der Waals surface area contributed by atoms with Crippen LogP contribution in [0.4, 0.5) is 0 Å². The Morgan fingerprint density at radius 1 is 1.11 bits per heavy atom. The first-order valence-electron chi connectivity index (χ1n) is 6.33. The molecule has 0 spiro atoms. The standard InChI is InChI=1S/C16H16N2O/c1-11-7-12(2)9-13(8-11)16(19)14-10-18-6-4-3-5-15(18)17-14/h3-10,16,19H,1-2H3. The van der Waals surface area contributed by atoms with E-state index in [1.54, 1.807) is 0 Å². The molecule has 0 radical (unpaired) electrons. The first-order chi connectivity index (χ1) is 9.13. The van der Waals surface area contributed by atoms with E-state index in [2.05, 4.69) is 11.1 Å². The maximum absolute atomic E-state index is 10.5. The van der Waals surface area contributed by atoms with E-state index in [9.17, 15) is 5.11 Å². The highest BCUT2D eigenvalue weighted by Gasteiger charge is 2.14. The molecule has 3 rings (SSSR count). The number of aromatic nitrogens is 2. The Morgan fingerprint density at radius 3 is 2.53 bits per heavy atom. The van der Waals surface area contributed by atoms with Gasteiger partial charge in [0.05, 0.1) is 5.69 Å². The van der Waals surface area contributed by atoms with Crippen molar-refractivity contribution in [2.45, 2.75) is 20.0 Å². The van der Waals surface area contributed by atoms with Gasteiger partial charge in [-0.3, -0.25) is 0 Å². The second-order valence-corrected chi connectivity index (χ2v) is 4.96. The molecule has 2 aromatic heterocycles. The number of aryl methyl sites for hydroxylation is 2. The number of pyridine rings is 1. The number of hydrogen-bond acceptors (Lipinski definition) is 2. The number of imidazole rings is 1. The number of aliphatic hydroxyl groups is 1. The molecule has 2 heterocycles. The number of rotatable bonds is 2. The van der Waals surface area contributed by atoms with Crippen LogP contribution in [0.3, 0.4) is 0 Å². The maximum atomic E-state index is 10.5. The first-order valence-corrected chi connectivity index (χ1v) is 6.33. The minimum Gasteiger partial charge on any atom is -0.382 e. The molecule has 0 aliphatic rings. The molecular formula is C16H16N2O. The van der Waals surface area contributed by atoms with Gasteiger partial charge in [-0.15, -0.1) is 0 Å². The van der Waals surface area contributed by atoms with Crippen molar-refractivity contribution in [3.05, 3.63) is 71.2 Å². The quantitative estimate of drug-likeness (QED) is 0.761. The molecule has 3 aromatic rings. The fraction of sp³-hybridized carbons (Fsp3) is 0.188. The van der Waals surface area contributed by atoms with E-state index in [0.29, 0.717) is 5.69 Å². The molecule has 1 N–H and O–H groups in total. The predicted octanol–water partition coefficient (Wildman–Crippen LogP) is 3.03. The molecule has 96 valence electrons. The molecule has 1 aromatic carbocycles. The van der Waals surface area contributed by atoms with Crippen LogP contribution in [-0.2, 0) is 0 Å². The minimum absolute atomic E-state index is 0.677. The summed E-state index contributed by atoms with van der Waals surface area (Å²) in [7, 11) is 0. The Hall–Kier alpha value is -2.13. The lowest BCUT2D eigenvalue weighted by Crippen LogP contribution is -2.01. The third kappa shape index (κ3) is 2.25. The number of benzene rings is 1. The van der Waals surface area contributed by atoms with Crippen molar-refractivity contribution in [1.29, 1.82) is 0 Å². The summed E-state index contributed by atoms with van der Waals surface area (Å²) >= 11 is 0. The average Bonchev–Trinajstić information content (AvgIpc) is 2.80. The molecule has 0 saturated carbocycles. The molecule has 19 heavy (non-hydrogen) atoms. The Labute approximate surface area is 112 Å². The SMILES string of the molecule is Cc1cc(C)cc(C(O)c2cn3ccccc3n2)c1. The van der Waals surface area contributed by atoms with Crippen LogP contribution in [0.5, 0.6) is 0 Å². The monoisotopic (exact) mass is 252 g/mol. The maximum Gasteiger partial charge on any atom is 0.137 e. The molecule has 0 fully saturated rings. The molecule has 1 unspecified atom stereocenters. The van der Waals surface area contributed by atoms with Gasteiger partial charge in [-0.1, -0.05) is 35.4 Å². The van der Waals surface area contributed by atoms with Crippen LogP contribution >= 0.6 is 0 Å². The zero-order valence-corrected chi connectivity index (χ0v) is 11.0. The second-order valence-electron chi connectivity index (χ2n) is 4.96. The van der Waals surface area contributed by atoms with E-state index in [0.717, 1.165) is 22.3 Å². The van der Waals surface area contributed by atoms with E-state index in [1.807, 2.05) is 61.0 Å². The van der Waals surface area contributed by atoms with Crippen molar-refractivity contribution in [3.63, 3.8) is 0 Å². The van der Waals surface area contributed by atoms with Crippen molar-refractivity contribution in [2.75, 3.05) is 0 Å². The summed E-state index contributed by atoms with van der Waals surface area (Å²) in [6.07, 6.45) is 3.12. The van der Waals surface area contributed by atoms with Crippen LogP contribution in [0.25, 0.3) is 5.65 Å². The lowest BCUT2D eigenvalue weighted by atomic mass is 10.0. The summed E-state index contributed by atoms with van der Waals surface area (Å²) in [6, 6.07) is 11.9. The van der Waals surface area contributed by atoms with Crippen molar-refractivity contribution < 1.29 is 5.11 Å².